The Balaban J connectivity index is 1.97. The van der Waals surface area contributed by atoms with Crippen molar-refractivity contribution >= 4 is 21.8 Å². The number of aromatic nitrogens is 1. The molecule has 0 saturated carbocycles. The number of hydrogen-bond donors (Lipinski definition) is 1. The first-order valence-corrected chi connectivity index (χ1v) is 11.4. The third-order valence-electron chi connectivity index (χ3n) is 4.63. The Bertz CT molecular complexity index is 1130. The van der Waals surface area contributed by atoms with Crippen LogP contribution in [0.15, 0.2) is 47.6 Å². The van der Waals surface area contributed by atoms with Crippen molar-refractivity contribution < 1.29 is 22.3 Å². The predicted molar refractivity (Wildman–Crippen MR) is 117 cm³/mol. The molecule has 3 rings (SSSR count). The number of anilines is 1. The highest BCUT2D eigenvalue weighted by Crippen LogP contribution is 2.23. The van der Waals surface area contributed by atoms with Gasteiger partial charge >= 0.3 is 6.09 Å². The number of carbonyl (C=O) groups is 1. The molecule has 0 aliphatic carbocycles. The first-order chi connectivity index (χ1) is 15.0. The highest BCUT2D eigenvalue weighted by molar-refractivity contribution is 7.89. The molecule has 1 aliphatic rings. The third-order valence-corrected chi connectivity index (χ3v) is 6.55. The molecule has 1 saturated heterocycles. The minimum Gasteiger partial charge on any atom is -0.444 e. The van der Waals surface area contributed by atoms with E-state index in [4.69, 9.17) is 10.5 Å². The number of nitrogens with two attached hydrogens (primary N) is 1. The van der Waals surface area contributed by atoms with Gasteiger partial charge in [-0.2, -0.15) is 4.31 Å². The number of halogens is 1. The molecular formula is C22H25FN4O4S. The largest absolute Gasteiger partial charge is 0.444 e. The maximum absolute atomic E-state index is 14.1. The van der Waals surface area contributed by atoms with Crippen LogP contribution in [0.3, 0.4) is 0 Å². The van der Waals surface area contributed by atoms with Crippen molar-refractivity contribution in [1.29, 1.82) is 0 Å². The lowest BCUT2D eigenvalue weighted by atomic mass is 10.1. The number of hydrogen-bond acceptors (Lipinski definition) is 6. The van der Waals surface area contributed by atoms with E-state index in [1.54, 1.807) is 39.0 Å². The number of sulfonamides is 1. The fourth-order valence-corrected chi connectivity index (χ4v) is 4.68. The van der Waals surface area contributed by atoms with E-state index >= 15 is 0 Å². The van der Waals surface area contributed by atoms with Crippen LogP contribution >= 0.6 is 0 Å². The van der Waals surface area contributed by atoms with Crippen molar-refractivity contribution in [3.8, 4) is 11.8 Å². The Labute approximate surface area is 187 Å². The molecule has 0 bridgehead atoms. The molecule has 1 amide bonds. The molecule has 10 heteroatoms. The summed E-state index contributed by atoms with van der Waals surface area (Å²) >= 11 is 0. The Morgan fingerprint density at radius 1 is 1.22 bits per heavy atom. The number of nitrogens with zero attached hydrogens (tertiary/aromatic N) is 3. The number of ether oxygens (including phenoxy) is 1. The van der Waals surface area contributed by atoms with E-state index in [9.17, 15) is 17.6 Å². The molecule has 1 aliphatic heterocycles. The molecule has 0 unspecified atom stereocenters. The lowest BCUT2D eigenvalue weighted by Gasteiger charge is -2.38. The summed E-state index contributed by atoms with van der Waals surface area (Å²) < 4.78 is 47.3. The van der Waals surface area contributed by atoms with Crippen molar-refractivity contribution in [2.24, 2.45) is 0 Å². The fraction of sp³-hybridized carbons (Fsp3) is 0.364. The summed E-state index contributed by atoms with van der Waals surface area (Å²) in [5, 5.41) is 0. The highest BCUT2D eigenvalue weighted by Gasteiger charge is 2.38. The van der Waals surface area contributed by atoms with Gasteiger partial charge in [-0.15, -0.1) is 0 Å². The van der Waals surface area contributed by atoms with E-state index in [0.717, 1.165) is 6.20 Å². The smallest absolute Gasteiger partial charge is 0.410 e. The van der Waals surface area contributed by atoms with Crippen LogP contribution < -0.4 is 5.73 Å². The second kappa shape index (κ2) is 9.14. The lowest BCUT2D eigenvalue weighted by Crippen LogP contribution is -2.56. The van der Waals surface area contributed by atoms with Gasteiger partial charge in [-0.25, -0.2) is 17.6 Å². The molecule has 0 radical (unpaired) electrons. The van der Waals surface area contributed by atoms with Crippen molar-refractivity contribution in [2.75, 3.05) is 25.4 Å². The van der Waals surface area contributed by atoms with E-state index in [0.29, 0.717) is 0 Å². The summed E-state index contributed by atoms with van der Waals surface area (Å²) in [7, 11) is -3.91. The molecule has 2 N–H and O–H groups in total. The van der Waals surface area contributed by atoms with Crippen molar-refractivity contribution in [3.05, 3.63) is 54.1 Å². The standard InChI is InChI=1S/C22H25FN4O4S/c1-22(2,3)31-21(28)26-11-12-27(32(29,30)17-7-5-4-6-8-17)16(15-26)9-10-18-19(23)13-25-14-20(18)24/h4-8,13-14,16H,11-12,15,24H2,1-3H3/t16-/m0/s1. The molecule has 2 heterocycles. The van der Waals surface area contributed by atoms with Gasteiger partial charge in [0.25, 0.3) is 0 Å². The number of amides is 1. The Morgan fingerprint density at radius 2 is 1.91 bits per heavy atom. The summed E-state index contributed by atoms with van der Waals surface area (Å²) in [6.07, 6.45) is 1.67. The van der Waals surface area contributed by atoms with Gasteiger partial charge in [0.2, 0.25) is 10.0 Å². The molecule has 170 valence electrons. The summed E-state index contributed by atoms with van der Waals surface area (Å²) in [5.74, 6) is 4.72. The number of nitrogen functional groups attached to an aromatic ring is 1. The minimum atomic E-state index is -3.91. The second-order valence-corrected chi connectivity index (χ2v) is 10.1. The average molecular weight is 461 g/mol. The van der Waals surface area contributed by atoms with Gasteiger partial charge in [0, 0.05) is 13.1 Å². The second-order valence-electron chi connectivity index (χ2n) is 8.23. The van der Waals surface area contributed by atoms with Crippen LogP contribution in [0.1, 0.15) is 26.3 Å². The lowest BCUT2D eigenvalue weighted by molar-refractivity contribution is 0.0163. The van der Waals surface area contributed by atoms with Crippen LogP contribution in [0.2, 0.25) is 0 Å². The van der Waals surface area contributed by atoms with Crippen molar-refractivity contribution in [2.45, 2.75) is 37.3 Å². The topological polar surface area (TPSA) is 106 Å². The number of rotatable bonds is 2. The average Bonchev–Trinajstić information content (AvgIpc) is 2.72. The van der Waals surface area contributed by atoms with Gasteiger partial charge in [-0.05, 0) is 32.9 Å². The predicted octanol–water partition coefficient (Wildman–Crippen LogP) is 2.46. The van der Waals surface area contributed by atoms with E-state index in [1.807, 2.05) is 0 Å². The van der Waals surface area contributed by atoms with E-state index in [1.165, 1.54) is 27.5 Å². The number of carbonyl (C=O) groups excluding carboxylic acids is 1. The molecule has 1 aromatic carbocycles. The normalized spacial score (nSPS) is 17.4. The van der Waals surface area contributed by atoms with Crippen LogP contribution in [0.25, 0.3) is 0 Å². The van der Waals surface area contributed by atoms with Crippen LogP contribution in [0.5, 0.6) is 0 Å². The fourth-order valence-electron chi connectivity index (χ4n) is 3.13. The number of pyridine rings is 1. The van der Waals surface area contributed by atoms with Crippen LogP contribution in [0, 0.1) is 17.7 Å². The summed E-state index contributed by atoms with van der Waals surface area (Å²) in [4.78, 5) is 17.7. The van der Waals surface area contributed by atoms with Crippen LogP contribution in [-0.2, 0) is 14.8 Å². The van der Waals surface area contributed by atoms with E-state index in [2.05, 4.69) is 16.8 Å². The first kappa shape index (κ1) is 23.5. The molecule has 8 nitrogen and oxygen atoms in total. The Hall–Kier alpha value is -3.16. The van der Waals surface area contributed by atoms with Crippen LogP contribution in [-0.4, -0.2) is 60.0 Å². The van der Waals surface area contributed by atoms with Gasteiger partial charge in [-0.1, -0.05) is 30.0 Å². The van der Waals surface area contributed by atoms with Crippen LogP contribution in [0.4, 0.5) is 14.9 Å². The highest BCUT2D eigenvalue weighted by atomic mass is 32.2. The Morgan fingerprint density at radius 3 is 2.53 bits per heavy atom. The zero-order valence-corrected chi connectivity index (χ0v) is 18.9. The maximum atomic E-state index is 14.1. The van der Waals surface area contributed by atoms with E-state index < -0.39 is 33.6 Å². The molecule has 1 atom stereocenters. The zero-order valence-electron chi connectivity index (χ0n) is 18.1. The number of piperazine rings is 1. The molecule has 2 aromatic rings. The quantitative estimate of drug-likeness (QED) is 0.690. The number of benzene rings is 1. The molecule has 32 heavy (non-hydrogen) atoms. The monoisotopic (exact) mass is 460 g/mol. The summed E-state index contributed by atoms with van der Waals surface area (Å²) in [6.45, 7) is 5.32. The van der Waals surface area contributed by atoms with Gasteiger partial charge in [0.05, 0.1) is 35.1 Å². The van der Waals surface area contributed by atoms with Crippen molar-refractivity contribution in [3.63, 3.8) is 0 Å². The molecular weight excluding hydrogens is 435 g/mol. The molecule has 1 aromatic heterocycles. The van der Waals surface area contributed by atoms with E-state index in [-0.39, 0.29) is 35.8 Å². The summed E-state index contributed by atoms with van der Waals surface area (Å²) in [5.41, 5.74) is 5.02. The van der Waals surface area contributed by atoms with Gasteiger partial charge in [0.1, 0.15) is 11.6 Å². The first-order valence-electron chi connectivity index (χ1n) is 9.94. The summed E-state index contributed by atoms with van der Waals surface area (Å²) in [6, 6.07) is 7.00. The zero-order chi connectivity index (χ0) is 23.5. The van der Waals surface area contributed by atoms with Gasteiger partial charge in [-0.3, -0.25) is 4.98 Å². The van der Waals surface area contributed by atoms with Gasteiger partial charge in [0.15, 0.2) is 5.82 Å². The molecule has 0 spiro atoms. The SMILES string of the molecule is CC(C)(C)OC(=O)N1CCN(S(=O)(=O)c2ccccc2)[C@@H](C#Cc2c(N)cncc2F)C1. The Kier molecular flexibility index (Phi) is 6.71. The maximum Gasteiger partial charge on any atom is 0.410 e. The third kappa shape index (κ3) is 5.36. The minimum absolute atomic E-state index is 0.00409. The molecule has 1 fully saturated rings. The van der Waals surface area contributed by atoms with Crippen molar-refractivity contribution in [1.82, 2.24) is 14.2 Å². The van der Waals surface area contributed by atoms with Gasteiger partial charge < -0.3 is 15.4 Å².